The number of benzene rings is 1. The molecule has 1 aromatic heterocycles. The molecule has 1 heterocycles. The molecule has 130 valence electrons. The van der Waals surface area contributed by atoms with Gasteiger partial charge in [0.15, 0.2) is 0 Å². The number of carbonyl (C=O) groups is 1. The number of carbonyl (C=O) groups excluding carboxylic acids is 1. The average molecular weight is 331 g/mol. The van der Waals surface area contributed by atoms with Crippen molar-refractivity contribution >= 4 is 16.9 Å². The van der Waals surface area contributed by atoms with E-state index >= 15 is 0 Å². The van der Waals surface area contributed by atoms with Gasteiger partial charge in [0.1, 0.15) is 16.9 Å². The van der Waals surface area contributed by atoms with Gasteiger partial charge in [-0.3, -0.25) is 4.79 Å². The van der Waals surface area contributed by atoms with E-state index in [1.807, 2.05) is 32.9 Å². The summed E-state index contributed by atoms with van der Waals surface area (Å²) < 4.78 is 10.9. The first kappa shape index (κ1) is 18.0. The highest BCUT2D eigenvalue weighted by Gasteiger charge is 2.19. The van der Waals surface area contributed by atoms with Crippen LogP contribution in [0.15, 0.2) is 33.5 Å². The molecule has 2 rings (SSSR count). The van der Waals surface area contributed by atoms with Gasteiger partial charge in [-0.1, -0.05) is 20.8 Å². The zero-order valence-electron chi connectivity index (χ0n) is 14.6. The molecular formula is C19H25NO4. The van der Waals surface area contributed by atoms with E-state index in [9.17, 15) is 9.59 Å². The van der Waals surface area contributed by atoms with Gasteiger partial charge in [0, 0.05) is 24.5 Å². The third-order valence-electron chi connectivity index (χ3n) is 3.68. The molecule has 0 aliphatic carbocycles. The van der Waals surface area contributed by atoms with Crippen LogP contribution in [-0.4, -0.2) is 30.5 Å². The topological polar surface area (TPSA) is 59.8 Å². The van der Waals surface area contributed by atoms with Crippen LogP contribution in [-0.2, 0) is 0 Å². The van der Waals surface area contributed by atoms with Crippen molar-refractivity contribution < 1.29 is 13.9 Å². The van der Waals surface area contributed by atoms with Crippen LogP contribution in [0.4, 0.5) is 0 Å². The van der Waals surface area contributed by atoms with Crippen LogP contribution >= 0.6 is 0 Å². The van der Waals surface area contributed by atoms with Crippen LogP contribution in [0.3, 0.4) is 0 Å². The lowest BCUT2D eigenvalue weighted by molar-refractivity contribution is 0.0751. The largest absolute Gasteiger partial charge is 0.493 e. The van der Waals surface area contributed by atoms with E-state index in [0.29, 0.717) is 31.0 Å². The maximum absolute atomic E-state index is 12.6. The molecule has 0 fully saturated rings. The van der Waals surface area contributed by atoms with Crippen LogP contribution in [0.25, 0.3) is 11.0 Å². The highest BCUT2D eigenvalue weighted by atomic mass is 16.5. The van der Waals surface area contributed by atoms with E-state index < -0.39 is 5.63 Å². The lowest BCUT2D eigenvalue weighted by atomic mass is 10.1. The van der Waals surface area contributed by atoms with Crippen molar-refractivity contribution in [1.82, 2.24) is 4.90 Å². The maximum atomic E-state index is 12.6. The zero-order valence-corrected chi connectivity index (χ0v) is 14.6. The van der Waals surface area contributed by atoms with E-state index in [2.05, 4.69) is 0 Å². The quantitative estimate of drug-likeness (QED) is 0.690. The van der Waals surface area contributed by atoms with Crippen molar-refractivity contribution in [1.29, 1.82) is 0 Å². The fraction of sp³-hybridized carbons (Fsp3) is 0.474. The fourth-order valence-corrected chi connectivity index (χ4v) is 2.58. The van der Waals surface area contributed by atoms with E-state index in [4.69, 9.17) is 9.15 Å². The molecule has 24 heavy (non-hydrogen) atoms. The minimum absolute atomic E-state index is 0.0895. The van der Waals surface area contributed by atoms with Crippen LogP contribution in [0, 0.1) is 0 Å². The summed E-state index contributed by atoms with van der Waals surface area (Å²) in [7, 11) is 0. The number of fused-ring (bicyclic) bond motifs is 1. The molecule has 1 aromatic carbocycles. The molecule has 0 aliphatic rings. The Labute approximate surface area is 142 Å². The van der Waals surface area contributed by atoms with E-state index in [1.165, 1.54) is 0 Å². The van der Waals surface area contributed by atoms with Crippen molar-refractivity contribution in [3.05, 3.63) is 40.2 Å². The van der Waals surface area contributed by atoms with Gasteiger partial charge in [-0.05, 0) is 37.5 Å². The Bertz CT molecular complexity index is 745. The number of nitrogens with zero attached hydrogens (tertiary/aromatic N) is 1. The van der Waals surface area contributed by atoms with Gasteiger partial charge in [-0.25, -0.2) is 4.79 Å². The van der Waals surface area contributed by atoms with Crippen LogP contribution < -0.4 is 10.4 Å². The van der Waals surface area contributed by atoms with E-state index in [-0.39, 0.29) is 11.5 Å². The summed E-state index contributed by atoms with van der Waals surface area (Å²) in [6.45, 7) is 7.92. The maximum Gasteiger partial charge on any atom is 0.349 e. The molecule has 0 N–H and O–H groups in total. The normalized spacial score (nSPS) is 10.8. The predicted molar refractivity (Wildman–Crippen MR) is 94.8 cm³/mol. The fourth-order valence-electron chi connectivity index (χ4n) is 2.58. The van der Waals surface area contributed by atoms with Crippen molar-refractivity contribution in [2.45, 2.75) is 40.0 Å². The number of rotatable bonds is 8. The van der Waals surface area contributed by atoms with Crippen molar-refractivity contribution in [3.63, 3.8) is 0 Å². The van der Waals surface area contributed by atoms with Gasteiger partial charge in [0.25, 0.3) is 5.91 Å². The van der Waals surface area contributed by atoms with Crippen molar-refractivity contribution in [2.75, 3.05) is 19.7 Å². The molecule has 0 radical (unpaired) electrons. The number of ether oxygens (including phenoxy) is 1. The number of hydrogen-bond donors (Lipinski definition) is 0. The summed E-state index contributed by atoms with van der Waals surface area (Å²) >= 11 is 0. The Balaban J connectivity index is 2.36. The first-order valence-corrected chi connectivity index (χ1v) is 8.60. The Morgan fingerprint density at radius 3 is 2.42 bits per heavy atom. The van der Waals surface area contributed by atoms with Crippen molar-refractivity contribution in [3.8, 4) is 5.75 Å². The molecule has 0 spiro atoms. The Morgan fingerprint density at radius 1 is 1.08 bits per heavy atom. The first-order valence-electron chi connectivity index (χ1n) is 8.60. The molecule has 0 saturated carbocycles. The van der Waals surface area contributed by atoms with Gasteiger partial charge in [-0.2, -0.15) is 0 Å². The second-order valence-corrected chi connectivity index (χ2v) is 5.79. The highest BCUT2D eigenvalue weighted by Crippen LogP contribution is 2.21. The van der Waals surface area contributed by atoms with Gasteiger partial charge >= 0.3 is 5.63 Å². The number of hydrogen-bond acceptors (Lipinski definition) is 4. The van der Waals surface area contributed by atoms with Crippen LogP contribution in [0.1, 0.15) is 50.4 Å². The SMILES string of the molecule is CCCOc1ccc2cc(C(=O)N(CCC)CCC)c(=O)oc2c1. The molecule has 0 aliphatic heterocycles. The number of amides is 1. The summed E-state index contributed by atoms with van der Waals surface area (Å²) in [6, 6.07) is 6.94. The molecule has 1 amide bonds. The molecule has 5 nitrogen and oxygen atoms in total. The third-order valence-corrected chi connectivity index (χ3v) is 3.68. The summed E-state index contributed by atoms with van der Waals surface area (Å²) in [5.74, 6) is 0.394. The summed E-state index contributed by atoms with van der Waals surface area (Å²) in [5, 5.41) is 0.717. The van der Waals surface area contributed by atoms with E-state index in [1.54, 1.807) is 17.0 Å². The van der Waals surface area contributed by atoms with Crippen LogP contribution in [0.5, 0.6) is 5.75 Å². The summed E-state index contributed by atoms with van der Waals surface area (Å²) in [5.41, 5.74) is -0.0772. The lowest BCUT2D eigenvalue weighted by Gasteiger charge is -2.20. The Morgan fingerprint density at radius 2 is 1.79 bits per heavy atom. The van der Waals surface area contributed by atoms with Crippen molar-refractivity contribution in [2.24, 2.45) is 0 Å². The highest BCUT2D eigenvalue weighted by molar-refractivity contribution is 5.96. The average Bonchev–Trinajstić information content (AvgIpc) is 2.58. The second-order valence-electron chi connectivity index (χ2n) is 5.79. The van der Waals surface area contributed by atoms with Crippen LogP contribution in [0.2, 0.25) is 0 Å². The summed E-state index contributed by atoms with van der Waals surface area (Å²) in [4.78, 5) is 26.6. The molecule has 5 heteroatoms. The molecule has 0 atom stereocenters. The van der Waals surface area contributed by atoms with E-state index in [0.717, 1.165) is 24.6 Å². The molecule has 0 bridgehead atoms. The van der Waals surface area contributed by atoms with Gasteiger partial charge < -0.3 is 14.1 Å². The molecule has 0 saturated heterocycles. The van der Waals surface area contributed by atoms with Gasteiger partial charge in [0.05, 0.1) is 6.61 Å². The third kappa shape index (κ3) is 4.16. The predicted octanol–water partition coefficient (Wildman–Crippen LogP) is 3.84. The first-order chi connectivity index (χ1) is 11.6. The minimum atomic E-state index is -0.600. The molecular weight excluding hydrogens is 306 g/mol. The van der Waals surface area contributed by atoms with Gasteiger partial charge in [0.2, 0.25) is 0 Å². The second kappa shape index (κ2) is 8.52. The minimum Gasteiger partial charge on any atom is -0.493 e. The molecule has 0 unspecified atom stereocenters. The lowest BCUT2D eigenvalue weighted by Crippen LogP contribution is -2.35. The molecule has 2 aromatic rings. The van der Waals surface area contributed by atoms with Gasteiger partial charge in [-0.15, -0.1) is 0 Å². The Kier molecular flexibility index (Phi) is 6.41. The monoisotopic (exact) mass is 331 g/mol. The smallest absolute Gasteiger partial charge is 0.349 e. The Hall–Kier alpha value is -2.30. The standard InChI is InChI=1S/C19H25NO4/c1-4-9-20(10-5-2)18(21)16-12-14-7-8-15(23-11-6-3)13-17(14)24-19(16)22/h7-8,12-13H,4-6,9-11H2,1-3H3. The zero-order chi connectivity index (χ0) is 17.5. The summed E-state index contributed by atoms with van der Waals surface area (Å²) in [6.07, 6.45) is 2.60.